The summed E-state index contributed by atoms with van der Waals surface area (Å²) in [4.78, 5) is 1.54. The third-order valence-electron chi connectivity index (χ3n) is 5.49. The minimum absolute atomic E-state index is 0.0400. The highest BCUT2D eigenvalue weighted by Gasteiger charge is 2.38. The molecule has 1 aliphatic heterocycles. The zero-order valence-corrected chi connectivity index (χ0v) is 22.0. The predicted octanol–water partition coefficient (Wildman–Crippen LogP) is 7.10. The molecule has 0 saturated carbocycles. The van der Waals surface area contributed by atoms with Crippen molar-refractivity contribution in [2.24, 2.45) is 0 Å². The van der Waals surface area contributed by atoms with Crippen LogP contribution in [0.25, 0.3) is 0 Å². The summed E-state index contributed by atoms with van der Waals surface area (Å²) >= 11 is 13.3. The van der Waals surface area contributed by atoms with Crippen LogP contribution in [0.1, 0.15) is 18.9 Å². The van der Waals surface area contributed by atoms with Gasteiger partial charge in [-0.3, -0.25) is 4.72 Å². The van der Waals surface area contributed by atoms with Gasteiger partial charge in [-0.1, -0.05) is 35.0 Å². The molecule has 1 fully saturated rings. The van der Waals surface area contributed by atoms with E-state index in [0.29, 0.717) is 29.6 Å². The van der Waals surface area contributed by atoms with Crippen molar-refractivity contribution >= 4 is 50.7 Å². The number of benzene rings is 3. The van der Waals surface area contributed by atoms with E-state index in [2.05, 4.69) is 10.0 Å². The fourth-order valence-corrected chi connectivity index (χ4v) is 5.90. The number of sulfonamides is 1. The third kappa shape index (κ3) is 6.41. The fourth-order valence-electron chi connectivity index (χ4n) is 3.63. The first-order chi connectivity index (χ1) is 16.8. The summed E-state index contributed by atoms with van der Waals surface area (Å²) in [5, 5.41) is 3.89. The van der Waals surface area contributed by atoms with Crippen molar-refractivity contribution < 1.29 is 26.3 Å². The first-order valence-electron chi connectivity index (χ1n) is 10.7. The van der Waals surface area contributed by atoms with Crippen molar-refractivity contribution in [3.05, 3.63) is 76.3 Å². The lowest BCUT2D eigenvalue weighted by Crippen LogP contribution is -2.35. The molecule has 1 saturated heterocycles. The van der Waals surface area contributed by atoms with E-state index in [9.17, 15) is 21.6 Å². The molecule has 0 spiro atoms. The van der Waals surface area contributed by atoms with Gasteiger partial charge in [0, 0.05) is 28.8 Å². The van der Waals surface area contributed by atoms with E-state index < -0.39 is 33.1 Å². The molecule has 5 nitrogen and oxygen atoms in total. The van der Waals surface area contributed by atoms with Gasteiger partial charge in [0.1, 0.15) is 11.4 Å². The first-order valence-corrected chi connectivity index (χ1v) is 13.8. The van der Waals surface area contributed by atoms with Gasteiger partial charge in [-0.05, 0) is 68.1 Å². The lowest BCUT2D eigenvalue weighted by molar-refractivity contribution is -0.139. The van der Waals surface area contributed by atoms with E-state index in [0.717, 1.165) is 28.0 Å². The normalized spacial score (nSPS) is 18.3. The molecule has 0 bridgehead atoms. The molecule has 0 amide bonds. The number of ether oxygens (including phenoxy) is 1. The predicted molar refractivity (Wildman–Crippen MR) is 136 cm³/mol. The Morgan fingerprint density at radius 1 is 1.00 bits per heavy atom. The highest BCUT2D eigenvalue weighted by molar-refractivity contribution is 7.99. The monoisotopic (exact) mass is 576 g/mol. The molecule has 4 rings (SSSR count). The molecule has 0 unspecified atom stereocenters. The van der Waals surface area contributed by atoms with Gasteiger partial charge in [0.15, 0.2) is 0 Å². The number of halogens is 5. The van der Waals surface area contributed by atoms with Gasteiger partial charge in [-0.25, -0.2) is 8.42 Å². The molecule has 0 radical (unpaired) electrons. The average Bonchev–Trinajstić information content (AvgIpc) is 3.21. The number of hydrogen-bond donors (Lipinski definition) is 2. The number of anilines is 1. The number of hydrogen-bond acceptors (Lipinski definition) is 5. The van der Waals surface area contributed by atoms with Gasteiger partial charge in [0.05, 0.1) is 26.2 Å². The van der Waals surface area contributed by atoms with Crippen LogP contribution in [-0.2, 0) is 16.2 Å². The van der Waals surface area contributed by atoms with Crippen LogP contribution in [0.4, 0.5) is 18.9 Å². The molecule has 3 aromatic rings. The van der Waals surface area contributed by atoms with Gasteiger partial charge in [0.2, 0.25) is 0 Å². The highest BCUT2D eigenvalue weighted by atomic mass is 35.5. The molecule has 1 aliphatic rings. The largest absolute Gasteiger partial charge is 0.485 e. The maximum atomic E-state index is 13.6. The third-order valence-corrected chi connectivity index (χ3v) is 8.62. The van der Waals surface area contributed by atoms with Gasteiger partial charge in [-0.2, -0.15) is 13.2 Å². The van der Waals surface area contributed by atoms with Crippen molar-refractivity contribution in [3.63, 3.8) is 0 Å². The van der Waals surface area contributed by atoms with E-state index in [1.807, 2.05) is 0 Å². The van der Waals surface area contributed by atoms with Crippen molar-refractivity contribution in [3.8, 4) is 5.75 Å². The number of rotatable bonds is 7. The van der Waals surface area contributed by atoms with E-state index >= 15 is 0 Å². The van der Waals surface area contributed by atoms with Crippen LogP contribution >= 0.6 is 35.0 Å². The summed E-state index contributed by atoms with van der Waals surface area (Å²) in [7, 11) is -4.07. The van der Waals surface area contributed by atoms with Gasteiger partial charge >= 0.3 is 6.18 Å². The maximum Gasteiger partial charge on any atom is 0.419 e. The fraction of sp³-hybridized carbons (Fsp3) is 0.250. The second-order valence-electron chi connectivity index (χ2n) is 8.44. The minimum atomic E-state index is -4.66. The molecule has 3 aromatic carbocycles. The first kappa shape index (κ1) is 26.9. The summed E-state index contributed by atoms with van der Waals surface area (Å²) < 4.78 is 74.6. The van der Waals surface area contributed by atoms with Crippen molar-refractivity contribution in [2.75, 3.05) is 17.8 Å². The number of alkyl halides is 3. The van der Waals surface area contributed by atoms with Crippen LogP contribution in [0.5, 0.6) is 5.75 Å². The summed E-state index contributed by atoms with van der Waals surface area (Å²) in [5.74, 6) is -0.428. The molecule has 192 valence electrons. The Labute approximate surface area is 221 Å². The van der Waals surface area contributed by atoms with Crippen molar-refractivity contribution in [1.29, 1.82) is 0 Å². The molecule has 0 aromatic heterocycles. The number of nitrogens with one attached hydrogen (secondary N) is 2. The second kappa shape index (κ2) is 10.3. The maximum absolute atomic E-state index is 13.6. The van der Waals surface area contributed by atoms with E-state index in [1.54, 1.807) is 37.3 Å². The average molecular weight is 577 g/mol. The lowest BCUT2D eigenvalue weighted by atomic mass is 10.1. The Morgan fingerprint density at radius 2 is 1.69 bits per heavy atom. The zero-order valence-electron chi connectivity index (χ0n) is 18.8. The van der Waals surface area contributed by atoms with Gasteiger partial charge in [0.25, 0.3) is 10.0 Å². The summed E-state index contributed by atoms with van der Waals surface area (Å²) in [6.45, 7) is 2.71. The van der Waals surface area contributed by atoms with E-state index in [1.165, 1.54) is 23.9 Å². The van der Waals surface area contributed by atoms with Crippen LogP contribution in [-0.4, -0.2) is 27.1 Å². The molecular formula is C24H21Cl2F3N2O3S2. The van der Waals surface area contributed by atoms with Crippen LogP contribution in [0.2, 0.25) is 10.0 Å². The molecule has 2 N–H and O–H groups in total. The highest BCUT2D eigenvalue weighted by Crippen LogP contribution is 2.40. The summed E-state index contributed by atoms with van der Waals surface area (Å²) in [6.07, 6.45) is -4.14. The molecule has 0 aliphatic carbocycles. The molecular weight excluding hydrogens is 556 g/mol. The molecule has 36 heavy (non-hydrogen) atoms. The smallest absolute Gasteiger partial charge is 0.419 e. The standard InChI is InChI=1S/C24H21Cl2F3N2O3S2/c1-23(10-11-30-14-23)34-22-12-15(2-8-19(22)24(27,28)29)31-36(32,33)18-6-3-16(4-7-18)35-17-5-9-20(25)21(26)13-17/h2-9,12-13,30-31H,10-11,14H2,1H3/t23-/m1/s1. The lowest BCUT2D eigenvalue weighted by Gasteiger charge is -2.27. The van der Waals surface area contributed by atoms with Gasteiger partial charge < -0.3 is 10.1 Å². The Hall–Kier alpha value is -2.11. The van der Waals surface area contributed by atoms with Crippen LogP contribution in [0.3, 0.4) is 0 Å². The second-order valence-corrected chi connectivity index (χ2v) is 12.1. The molecule has 12 heteroatoms. The summed E-state index contributed by atoms with van der Waals surface area (Å²) in [6, 6.07) is 14.2. The van der Waals surface area contributed by atoms with E-state index in [-0.39, 0.29) is 10.6 Å². The Balaban J connectivity index is 1.54. The minimum Gasteiger partial charge on any atom is -0.485 e. The van der Waals surface area contributed by atoms with Crippen LogP contribution in [0, 0.1) is 0 Å². The van der Waals surface area contributed by atoms with Gasteiger partial charge in [-0.15, -0.1) is 0 Å². The molecule has 1 atom stereocenters. The Bertz CT molecular complexity index is 1360. The van der Waals surface area contributed by atoms with Crippen molar-refractivity contribution in [1.82, 2.24) is 5.32 Å². The Morgan fingerprint density at radius 3 is 2.31 bits per heavy atom. The quantitative estimate of drug-likeness (QED) is 0.314. The topological polar surface area (TPSA) is 67.4 Å². The van der Waals surface area contributed by atoms with Crippen molar-refractivity contribution in [2.45, 2.75) is 39.8 Å². The molecule has 1 heterocycles. The Kier molecular flexibility index (Phi) is 7.73. The van der Waals surface area contributed by atoms with Crippen LogP contribution in [0.15, 0.2) is 75.4 Å². The summed E-state index contributed by atoms with van der Waals surface area (Å²) in [5.41, 5.74) is -1.84. The zero-order chi connectivity index (χ0) is 26.1. The van der Waals surface area contributed by atoms with Crippen LogP contribution < -0.4 is 14.8 Å². The van der Waals surface area contributed by atoms with E-state index in [4.69, 9.17) is 27.9 Å². The SMILES string of the molecule is C[C@@]1(Oc2cc(NS(=O)(=O)c3ccc(Sc4ccc(Cl)c(Cl)c4)cc3)ccc2C(F)(F)F)CCNC1.